The Balaban J connectivity index is 0.00000289. The summed E-state index contributed by atoms with van der Waals surface area (Å²) in [4.78, 5) is 11.9. The number of carbonyl (C=O) groups is 1. The topological polar surface area (TPSA) is 64.3 Å². The van der Waals surface area contributed by atoms with Gasteiger partial charge in [-0.15, -0.1) is 12.4 Å². The quantitative estimate of drug-likeness (QED) is 0.873. The number of hydrogen-bond acceptors (Lipinski definition) is 3. The Kier molecular flexibility index (Phi) is 7.75. The van der Waals surface area contributed by atoms with Gasteiger partial charge in [0.15, 0.2) is 0 Å². The molecule has 18 heavy (non-hydrogen) atoms. The summed E-state index contributed by atoms with van der Waals surface area (Å²) < 4.78 is 5.11. The van der Waals surface area contributed by atoms with E-state index >= 15 is 0 Å². The molecule has 4 nitrogen and oxygen atoms in total. The molecule has 0 aliphatic heterocycles. The average Bonchev–Trinajstić information content (AvgIpc) is 2.35. The van der Waals surface area contributed by atoms with E-state index in [2.05, 4.69) is 5.32 Å². The predicted molar refractivity (Wildman–Crippen MR) is 75.8 cm³/mol. The number of benzene rings is 1. The van der Waals surface area contributed by atoms with Gasteiger partial charge in [0.1, 0.15) is 5.75 Å². The van der Waals surface area contributed by atoms with Crippen molar-refractivity contribution in [3.63, 3.8) is 0 Å². The first-order valence-electron chi connectivity index (χ1n) is 5.40. The van der Waals surface area contributed by atoms with Crippen molar-refractivity contribution in [2.24, 2.45) is 11.7 Å². The Bertz CT molecular complexity index is 400. The van der Waals surface area contributed by atoms with Crippen LogP contribution in [-0.4, -0.2) is 26.1 Å². The fourth-order valence-electron chi connectivity index (χ4n) is 1.30. The molecule has 3 N–H and O–H groups in total. The number of nitrogens with two attached hydrogens (primary N) is 1. The molecule has 1 aromatic rings. The van der Waals surface area contributed by atoms with Crippen molar-refractivity contribution >= 4 is 29.9 Å². The monoisotopic (exact) mass is 292 g/mol. The molecule has 1 rings (SSSR count). The average molecular weight is 293 g/mol. The zero-order valence-corrected chi connectivity index (χ0v) is 12.0. The van der Waals surface area contributed by atoms with Crippen molar-refractivity contribution in [3.05, 3.63) is 28.8 Å². The maximum absolute atomic E-state index is 11.9. The van der Waals surface area contributed by atoms with Crippen LogP contribution in [0.15, 0.2) is 18.2 Å². The van der Waals surface area contributed by atoms with Crippen LogP contribution < -0.4 is 15.8 Å². The molecule has 0 aliphatic carbocycles. The summed E-state index contributed by atoms with van der Waals surface area (Å²) in [6.07, 6.45) is 0. The Hall–Kier alpha value is -0.970. The van der Waals surface area contributed by atoms with E-state index < -0.39 is 0 Å². The summed E-state index contributed by atoms with van der Waals surface area (Å²) in [6.45, 7) is 3.04. The summed E-state index contributed by atoms with van der Waals surface area (Å²) in [7, 11) is 1.52. The van der Waals surface area contributed by atoms with Crippen LogP contribution >= 0.6 is 24.0 Å². The van der Waals surface area contributed by atoms with E-state index in [0.29, 0.717) is 29.4 Å². The number of ether oxygens (including phenoxy) is 1. The molecule has 0 aliphatic rings. The molecule has 0 saturated carbocycles. The van der Waals surface area contributed by atoms with Gasteiger partial charge in [-0.2, -0.15) is 0 Å². The molecule has 0 radical (unpaired) electrons. The van der Waals surface area contributed by atoms with Crippen LogP contribution in [0.1, 0.15) is 17.3 Å². The minimum atomic E-state index is -0.204. The van der Waals surface area contributed by atoms with E-state index in [1.54, 1.807) is 18.2 Å². The van der Waals surface area contributed by atoms with Gasteiger partial charge in [0.25, 0.3) is 5.91 Å². The third-order valence-corrected chi connectivity index (χ3v) is 2.65. The molecule has 0 spiro atoms. The van der Waals surface area contributed by atoms with Gasteiger partial charge in [0, 0.05) is 11.6 Å². The highest BCUT2D eigenvalue weighted by atomic mass is 35.5. The molecule has 0 fully saturated rings. The van der Waals surface area contributed by atoms with Crippen molar-refractivity contribution in [3.8, 4) is 5.75 Å². The molecule has 1 atom stereocenters. The maximum Gasteiger partial charge on any atom is 0.255 e. The van der Waals surface area contributed by atoms with Gasteiger partial charge in [0.2, 0.25) is 0 Å². The summed E-state index contributed by atoms with van der Waals surface area (Å²) in [5.74, 6) is 0.543. The SMILES string of the molecule is COc1ccc(Cl)cc1C(=O)NCC(C)CN.Cl. The van der Waals surface area contributed by atoms with E-state index in [1.807, 2.05) is 6.92 Å². The number of methoxy groups -OCH3 is 1. The van der Waals surface area contributed by atoms with Crippen LogP contribution in [0, 0.1) is 5.92 Å². The van der Waals surface area contributed by atoms with E-state index in [0.717, 1.165) is 0 Å². The van der Waals surface area contributed by atoms with Crippen molar-refractivity contribution in [1.29, 1.82) is 0 Å². The molecular weight excluding hydrogens is 275 g/mol. The predicted octanol–water partition coefficient (Wildman–Crippen LogP) is 2.10. The van der Waals surface area contributed by atoms with Crippen LogP contribution in [-0.2, 0) is 0 Å². The second-order valence-electron chi connectivity index (χ2n) is 3.90. The first kappa shape index (κ1) is 17.0. The van der Waals surface area contributed by atoms with Gasteiger partial charge < -0.3 is 15.8 Å². The Morgan fingerprint density at radius 2 is 2.22 bits per heavy atom. The Morgan fingerprint density at radius 3 is 2.78 bits per heavy atom. The summed E-state index contributed by atoms with van der Waals surface area (Å²) in [6, 6.07) is 4.94. The molecule has 0 heterocycles. The lowest BCUT2D eigenvalue weighted by atomic mass is 10.1. The van der Waals surface area contributed by atoms with Crippen molar-refractivity contribution < 1.29 is 9.53 Å². The van der Waals surface area contributed by atoms with Crippen LogP contribution in [0.4, 0.5) is 0 Å². The van der Waals surface area contributed by atoms with Crippen LogP contribution in [0.2, 0.25) is 5.02 Å². The second kappa shape index (κ2) is 8.19. The fourth-order valence-corrected chi connectivity index (χ4v) is 1.48. The smallest absolute Gasteiger partial charge is 0.255 e. The van der Waals surface area contributed by atoms with Crippen LogP contribution in [0.25, 0.3) is 0 Å². The molecule has 0 bridgehead atoms. The Labute approximate surface area is 118 Å². The third kappa shape index (κ3) is 4.72. The molecule has 102 valence electrons. The standard InChI is InChI=1S/C12H17ClN2O2.ClH/c1-8(6-14)7-15-12(16)10-5-9(13)3-4-11(10)17-2;/h3-5,8H,6-7,14H2,1-2H3,(H,15,16);1H. The Morgan fingerprint density at radius 1 is 1.56 bits per heavy atom. The normalized spacial score (nSPS) is 11.3. The molecule has 0 aromatic heterocycles. The van der Waals surface area contributed by atoms with Crippen molar-refractivity contribution in [2.75, 3.05) is 20.2 Å². The van der Waals surface area contributed by atoms with Crippen molar-refractivity contribution in [2.45, 2.75) is 6.92 Å². The highest BCUT2D eigenvalue weighted by molar-refractivity contribution is 6.31. The van der Waals surface area contributed by atoms with Crippen LogP contribution in [0.5, 0.6) is 5.75 Å². The highest BCUT2D eigenvalue weighted by Gasteiger charge is 2.13. The minimum absolute atomic E-state index is 0. The molecule has 1 amide bonds. The number of nitrogens with one attached hydrogen (secondary N) is 1. The van der Waals surface area contributed by atoms with E-state index in [4.69, 9.17) is 22.1 Å². The lowest BCUT2D eigenvalue weighted by Crippen LogP contribution is -2.31. The van der Waals surface area contributed by atoms with E-state index in [1.165, 1.54) is 7.11 Å². The number of halogens is 2. The molecule has 0 saturated heterocycles. The summed E-state index contributed by atoms with van der Waals surface area (Å²) >= 11 is 5.85. The van der Waals surface area contributed by atoms with Gasteiger partial charge in [-0.25, -0.2) is 0 Å². The van der Waals surface area contributed by atoms with Crippen LogP contribution in [0.3, 0.4) is 0 Å². The molecule has 1 unspecified atom stereocenters. The number of hydrogen-bond donors (Lipinski definition) is 2. The highest BCUT2D eigenvalue weighted by Crippen LogP contribution is 2.22. The van der Waals surface area contributed by atoms with Gasteiger partial charge in [0.05, 0.1) is 12.7 Å². The number of carbonyl (C=O) groups excluding carboxylic acids is 1. The molecule has 6 heteroatoms. The zero-order valence-electron chi connectivity index (χ0n) is 10.4. The first-order valence-corrected chi connectivity index (χ1v) is 5.78. The minimum Gasteiger partial charge on any atom is -0.496 e. The van der Waals surface area contributed by atoms with Gasteiger partial charge in [-0.3, -0.25) is 4.79 Å². The molecular formula is C12H18Cl2N2O2. The van der Waals surface area contributed by atoms with Crippen molar-refractivity contribution in [1.82, 2.24) is 5.32 Å². The summed E-state index contributed by atoms with van der Waals surface area (Å²) in [5, 5.41) is 3.30. The maximum atomic E-state index is 11.9. The fraction of sp³-hybridized carbons (Fsp3) is 0.417. The largest absolute Gasteiger partial charge is 0.496 e. The third-order valence-electron chi connectivity index (χ3n) is 2.42. The molecule has 1 aromatic carbocycles. The van der Waals surface area contributed by atoms with E-state index in [9.17, 15) is 4.79 Å². The first-order chi connectivity index (χ1) is 8.08. The lowest BCUT2D eigenvalue weighted by Gasteiger charge is -2.12. The van der Waals surface area contributed by atoms with E-state index in [-0.39, 0.29) is 24.2 Å². The summed E-state index contributed by atoms with van der Waals surface area (Å²) in [5.41, 5.74) is 5.91. The lowest BCUT2D eigenvalue weighted by molar-refractivity contribution is 0.0945. The van der Waals surface area contributed by atoms with Gasteiger partial charge in [-0.05, 0) is 30.7 Å². The zero-order chi connectivity index (χ0) is 12.8. The number of rotatable bonds is 5. The van der Waals surface area contributed by atoms with Gasteiger partial charge in [-0.1, -0.05) is 18.5 Å². The van der Waals surface area contributed by atoms with Gasteiger partial charge >= 0.3 is 0 Å². The number of amides is 1. The second-order valence-corrected chi connectivity index (χ2v) is 4.33.